The lowest BCUT2D eigenvalue weighted by molar-refractivity contribution is 1.04. The largest absolute Gasteiger partial charge is 0.398 e. The van der Waals surface area contributed by atoms with Crippen molar-refractivity contribution >= 4 is 61.0 Å². The predicted octanol–water partition coefficient (Wildman–Crippen LogP) is 11.2. The number of hydrogen-bond acceptors (Lipinski definition) is 1. The number of para-hydroxylation sites is 2. The van der Waals surface area contributed by atoms with Gasteiger partial charge in [-0.15, -0.1) is 0 Å². The molecule has 2 aliphatic rings. The number of allylic oxidation sites excluding steroid dienone is 4. The highest BCUT2D eigenvalue weighted by atomic mass is 15.0. The first-order chi connectivity index (χ1) is 26.7. The van der Waals surface area contributed by atoms with Gasteiger partial charge in [0.25, 0.3) is 0 Å². The third-order valence-electron chi connectivity index (χ3n) is 11.6. The molecule has 0 unspecified atom stereocenters. The fraction of sp³-hybridized carbons (Fsp3) is 0.0588. The standard InChI is InChI=1S/C51H37N3/c1-2-32-27-38(31-45-39-17-6-7-20-42(39)51(52)50(32)45)54-47-22-11-9-19-41(47)44-30-36(24-26-49(44)54)35-23-25-48-43(29-35)40-18-8-10-21-46(40)53(48)37-16-12-15-34(28-37)33-13-4-3-5-14-33/h2,4,6-31H,3,5,52H2,1H3/b32-2-. The SMILES string of the molecule is C/C=c1/cc(-n2c3ccccc3c3cc(-c4ccc5c(c4)c4ccccc4n5-c4cccc(C5=CCCC=C5)c4)ccc32)cc2c1=C(N)c1ccccc1-2. The van der Waals surface area contributed by atoms with Gasteiger partial charge < -0.3 is 14.9 Å². The molecule has 54 heavy (non-hydrogen) atoms. The molecule has 0 radical (unpaired) electrons. The van der Waals surface area contributed by atoms with Gasteiger partial charge in [0.1, 0.15) is 0 Å². The van der Waals surface area contributed by atoms with E-state index in [4.69, 9.17) is 5.73 Å². The molecule has 2 heterocycles. The van der Waals surface area contributed by atoms with E-state index in [-0.39, 0.29) is 0 Å². The van der Waals surface area contributed by atoms with E-state index in [2.05, 4.69) is 186 Å². The molecule has 0 spiro atoms. The van der Waals surface area contributed by atoms with Crippen LogP contribution >= 0.6 is 0 Å². The second-order valence-corrected chi connectivity index (χ2v) is 14.6. The van der Waals surface area contributed by atoms with Gasteiger partial charge in [-0.25, -0.2) is 0 Å². The Morgan fingerprint density at radius 2 is 1.13 bits per heavy atom. The Kier molecular flexibility index (Phi) is 6.74. The van der Waals surface area contributed by atoms with Crippen molar-refractivity contribution in [1.29, 1.82) is 0 Å². The van der Waals surface area contributed by atoms with Crippen LogP contribution in [0.5, 0.6) is 0 Å². The van der Waals surface area contributed by atoms with Crippen molar-refractivity contribution in [2.45, 2.75) is 19.8 Å². The second-order valence-electron chi connectivity index (χ2n) is 14.6. The molecule has 0 saturated carbocycles. The van der Waals surface area contributed by atoms with E-state index in [9.17, 15) is 0 Å². The smallest absolute Gasteiger partial charge is 0.0541 e. The molecule has 3 nitrogen and oxygen atoms in total. The molecule has 0 atom stereocenters. The van der Waals surface area contributed by atoms with E-state index in [1.807, 2.05) is 0 Å². The summed E-state index contributed by atoms with van der Waals surface area (Å²) in [6.07, 6.45) is 11.3. The molecule has 0 saturated heterocycles. The Balaban J connectivity index is 1.08. The van der Waals surface area contributed by atoms with E-state index in [0.717, 1.165) is 40.2 Å². The molecule has 2 aromatic heterocycles. The van der Waals surface area contributed by atoms with Crippen LogP contribution in [0.3, 0.4) is 0 Å². The lowest BCUT2D eigenvalue weighted by Crippen LogP contribution is -2.29. The van der Waals surface area contributed by atoms with E-state index in [1.54, 1.807) is 0 Å². The van der Waals surface area contributed by atoms with Crippen LogP contribution in [0.25, 0.3) is 94.6 Å². The Morgan fingerprint density at radius 1 is 0.500 bits per heavy atom. The van der Waals surface area contributed by atoms with Gasteiger partial charge in [0, 0.05) is 49.4 Å². The molecule has 0 fully saturated rings. The van der Waals surface area contributed by atoms with Gasteiger partial charge in [-0.2, -0.15) is 0 Å². The molecule has 3 heteroatoms. The molecule has 2 aliphatic carbocycles. The van der Waals surface area contributed by atoms with Gasteiger partial charge in [-0.3, -0.25) is 0 Å². The highest BCUT2D eigenvalue weighted by Crippen LogP contribution is 2.39. The number of aromatic nitrogens is 2. The third-order valence-corrected chi connectivity index (χ3v) is 11.6. The number of rotatable bonds is 4. The Labute approximate surface area is 313 Å². The monoisotopic (exact) mass is 691 g/mol. The van der Waals surface area contributed by atoms with Crippen molar-refractivity contribution in [2.75, 3.05) is 0 Å². The van der Waals surface area contributed by atoms with E-state index in [0.29, 0.717) is 0 Å². The second kappa shape index (κ2) is 11.8. The average molecular weight is 692 g/mol. The lowest BCUT2D eigenvalue weighted by atomic mass is 9.99. The summed E-state index contributed by atoms with van der Waals surface area (Å²) in [5.74, 6) is 0. The zero-order valence-electron chi connectivity index (χ0n) is 30.1. The van der Waals surface area contributed by atoms with Crippen LogP contribution in [-0.2, 0) is 0 Å². The van der Waals surface area contributed by atoms with Crippen molar-refractivity contribution in [3.63, 3.8) is 0 Å². The van der Waals surface area contributed by atoms with Gasteiger partial charge in [-0.05, 0) is 119 Å². The third kappa shape index (κ3) is 4.48. The number of hydrogen-bond donors (Lipinski definition) is 1. The molecule has 0 aliphatic heterocycles. The summed E-state index contributed by atoms with van der Waals surface area (Å²) in [4.78, 5) is 0. The number of nitrogens with two attached hydrogens (primary N) is 1. The fourth-order valence-electron chi connectivity index (χ4n) is 9.12. The van der Waals surface area contributed by atoms with Crippen LogP contribution in [0.15, 0.2) is 164 Å². The van der Waals surface area contributed by atoms with Gasteiger partial charge in [-0.1, -0.05) is 109 Å². The molecule has 0 bridgehead atoms. The normalized spacial score (nSPS) is 14.1. The molecule has 0 amide bonds. The first kappa shape index (κ1) is 30.8. The predicted molar refractivity (Wildman–Crippen MR) is 228 cm³/mol. The summed E-state index contributed by atoms with van der Waals surface area (Å²) >= 11 is 0. The average Bonchev–Trinajstić information content (AvgIpc) is 3.85. The van der Waals surface area contributed by atoms with Crippen LogP contribution in [0.2, 0.25) is 0 Å². The molecular weight excluding hydrogens is 655 g/mol. The molecule has 9 aromatic rings. The highest BCUT2D eigenvalue weighted by molar-refractivity contribution is 6.13. The van der Waals surface area contributed by atoms with Crippen molar-refractivity contribution in [3.05, 3.63) is 185 Å². The summed E-state index contributed by atoms with van der Waals surface area (Å²) in [5.41, 5.74) is 23.2. The summed E-state index contributed by atoms with van der Waals surface area (Å²) in [7, 11) is 0. The minimum absolute atomic E-state index is 0.857. The zero-order valence-corrected chi connectivity index (χ0v) is 30.1. The summed E-state index contributed by atoms with van der Waals surface area (Å²) < 4.78 is 4.84. The summed E-state index contributed by atoms with van der Waals surface area (Å²) in [6.45, 7) is 2.10. The first-order valence-corrected chi connectivity index (χ1v) is 18.9. The van der Waals surface area contributed by atoms with Gasteiger partial charge in [0.15, 0.2) is 0 Å². The minimum atomic E-state index is 0.857. The highest BCUT2D eigenvalue weighted by Gasteiger charge is 2.21. The van der Waals surface area contributed by atoms with Crippen molar-refractivity contribution in [1.82, 2.24) is 9.13 Å². The number of benzene rings is 7. The first-order valence-electron chi connectivity index (χ1n) is 18.9. The minimum Gasteiger partial charge on any atom is -0.398 e. The molecule has 11 rings (SSSR count). The van der Waals surface area contributed by atoms with Crippen molar-refractivity contribution < 1.29 is 0 Å². The maximum Gasteiger partial charge on any atom is 0.0541 e. The quantitative estimate of drug-likeness (QED) is 0.196. The van der Waals surface area contributed by atoms with Crippen LogP contribution in [0.4, 0.5) is 0 Å². The van der Waals surface area contributed by atoms with Crippen molar-refractivity contribution in [2.24, 2.45) is 5.73 Å². The Hall–Kier alpha value is -6.84. The maximum absolute atomic E-state index is 6.77. The molecular formula is C51H37N3. The Morgan fingerprint density at radius 3 is 1.80 bits per heavy atom. The number of fused-ring (bicyclic) bond motifs is 9. The molecule has 256 valence electrons. The summed E-state index contributed by atoms with van der Waals surface area (Å²) in [5, 5.41) is 7.28. The lowest BCUT2D eigenvalue weighted by Gasteiger charge is -2.12. The molecule has 7 aromatic carbocycles. The van der Waals surface area contributed by atoms with E-state index < -0.39 is 0 Å². The van der Waals surface area contributed by atoms with Gasteiger partial charge in [0.05, 0.1) is 22.1 Å². The maximum atomic E-state index is 6.77. The topological polar surface area (TPSA) is 35.9 Å². The van der Waals surface area contributed by atoms with E-state index in [1.165, 1.54) is 82.7 Å². The summed E-state index contributed by atoms with van der Waals surface area (Å²) in [6, 6.07) is 53.6. The van der Waals surface area contributed by atoms with Crippen LogP contribution in [0, 0.1) is 0 Å². The Bertz CT molecular complexity index is 3240. The van der Waals surface area contributed by atoms with Crippen LogP contribution in [-0.4, -0.2) is 9.13 Å². The van der Waals surface area contributed by atoms with Crippen molar-refractivity contribution in [3.8, 4) is 33.6 Å². The van der Waals surface area contributed by atoms with Crippen LogP contribution < -0.4 is 16.2 Å². The fourth-order valence-corrected chi connectivity index (χ4v) is 9.12. The zero-order chi connectivity index (χ0) is 35.9. The number of nitrogens with zero attached hydrogens (tertiary/aromatic N) is 2. The van der Waals surface area contributed by atoms with Crippen LogP contribution in [0.1, 0.15) is 30.9 Å². The van der Waals surface area contributed by atoms with Gasteiger partial charge in [0.2, 0.25) is 0 Å². The van der Waals surface area contributed by atoms with E-state index >= 15 is 0 Å². The van der Waals surface area contributed by atoms with Gasteiger partial charge >= 0.3 is 0 Å². The molecule has 2 N–H and O–H groups in total.